The molecule has 7 nitrogen and oxygen atoms in total. The third-order valence-corrected chi connectivity index (χ3v) is 6.68. The first-order valence-electron chi connectivity index (χ1n) is 9.43. The van der Waals surface area contributed by atoms with Crippen LogP contribution in [0, 0.1) is 0 Å². The Hall–Kier alpha value is -1.48. The Kier molecular flexibility index (Phi) is 8.69. The molecule has 0 bridgehead atoms. The number of amides is 1. The summed E-state index contributed by atoms with van der Waals surface area (Å²) in [7, 11) is -1.89. The Bertz CT molecular complexity index is 691. The third-order valence-electron chi connectivity index (χ3n) is 4.65. The topological polar surface area (TPSA) is 84.9 Å². The van der Waals surface area contributed by atoms with Crippen molar-refractivity contribution in [2.24, 2.45) is 0 Å². The van der Waals surface area contributed by atoms with E-state index in [1.54, 1.807) is 23.5 Å². The summed E-state index contributed by atoms with van der Waals surface area (Å²) >= 11 is 0. The summed E-state index contributed by atoms with van der Waals surface area (Å²) in [4.78, 5) is 12.4. The highest BCUT2D eigenvalue weighted by molar-refractivity contribution is 7.89. The van der Waals surface area contributed by atoms with Gasteiger partial charge in [-0.2, -0.15) is 4.31 Å². The van der Waals surface area contributed by atoms with E-state index in [0.717, 1.165) is 19.3 Å². The number of nitrogens with one attached hydrogen (secondary N) is 1. The van der Waals surface area contributed by atoms with Gasteiger partial charge in [0.05, 0.1) is 18.1 Å². The maximum Gasteiger partial charge on any atom is 0.251 e. The average molecular weight is 399 g/mol. The van der Waals surface area contributed by atoms with E-state index in [1.165, 1.54) is 12.1 Å². The number of ether oxygens (including phenoxy) is 2. The number of nitrogens with zero attached hydrogens (tertiary/aromatic N) is 1. The van der Waals surface area contributed by atoms with Crippen molar-refractivity contribution in [3.8, 4) is 0 Å². The Morgan fingerprint density at radius 3 is 2.59 bits per heavy atom. The standard InChI is InChI=1S/C19H30N2O5S/c1-16-6-3-4-12-21(16)27(23,24)18-9-7-17(8-10-18)19(22)20-11-5-13-26-15-14-25-2/h7-10,16H,3-6,11-15H2,1-2H3,(H,20,22). The first-order valence-corrected chi connectivity index (χ1v) is 10.9. The minimum atomic E-state index is -3.51. The minimum Gasteiger partial charge on any atom is -0.382 e. The molecule has 152 valence electrons. The molecule has 1 fully saturated rings. The molecule has 1 amide bonds. The van der Waals surface area contributed by atoms with Crippen molar-refractivity contribution in [3.05, 3.63) is 29.8 Å². The Balaban J connectivity index is 1.86. The summed E-state index contributed by atoms with van der Waals surface area (Å²) in [5.41, 5.74) is 0.445. The van der Waals surface area contributed by atoms with Gasteiger partial charge in [0.2, 0.25) is 10.0 Å². The number of piperidine rings is 1. The quantitative estimate of drug-likeness (QED) is 0.610. The summed E-state index contributed by atoms with van der Waals surface area (Å²) in [6.07, 6.45) is 3.53. The highest BCUT2D eigenvalue weighted by Crippen LogP contribution is 2.25. The number of sulfonamides is 1. The second-order valence-electron chi connectivity index (χ2n) is 6.70. The predicted molar refractivity (Wildman–Crippen MR) is 103 cm³/mol. The van der Waals surface area contributed by atoms with Gasteiger partial charge < -0.3 is 14.8 Å². The zero-order valence-corrected chi connectivity index (χ0v) is 17.0. The molecule has 0 aliphatic carbocycles. The number of carbonyl (C=O) groups excluding carboxylic acids is 1. The SMILES string of the molecule is COCCOCCCNC(=O)c1ccc(S(=O)(=O)N2CCCCC2C)cc1. The van der Waals surface area contributed by atoms with Gasteiger partial charge in [-0.05, 0) is 50.5 Å². The molecular formula is C19H30N2O5S. The van der Waals surface area contributed by atoms with Crippen LogP contribution < -0.4 is 5.32 Å². The van der Waals surface area contributed by atoms with Crippen molar-refractivity contribution in [1.82, 2.24) is 9.62 Å². The zero-order chi connectivity index (χ0) is 19.7. The fourth-order valence-electron chi connectivity index (χ4n) is 3.07. The van der Waals surface area contributed by atoms with E-state index < -0.39 is 10.0 Å². The second kappa shape index (κ2) is 10.8. The molecule has 1 unspecified atom stereocenters. The monoisotopic (exact) mass is 398 g/mol. The van der Waals surface area contributed by atoms with Crippen molar-refractivity contribution in [1.29, 1.82) is 0 Å². The average Bonchev–Trinajstić information content (AvgIpc) is 2.67. The van der Waals surface area contributed by atoms with E-state index in [2.05, 4.69) is 5.32 Å². The summed E-state index contributed by atoms with van der Waals surface area (Å²) in [6.45, 7) is 4.63. The Morgan fingerprint density at radius 1 is 1.19 bits per heavy atom. The van der Waals surface area contributed by atoms with Gasteiger partial charge in [-0.15, -0.1) is 0 Å². The van der Waals surface area contributed by atoms with Crippen LogP contribution in [0.4, 0.5) is 0 Å². The molecule has 27 heavy (non-hydrogen) atoms. The molecule has 1 N–H and O–H groups in total. The van der Waals surface area contributed by atoms with E-state index in [1.807, 2.05) is 6.92 Å². The van der Waals surface area contributed by atoms with Gasteiger partial charge in [0.25, 0.3) is 5.91 Å². The molecule has 1 aromatic rings. The van der Waals surface area contributed by atoms with E-state index in [4.69, 9.17) is 9.47 Å². The first kappa shape index (κ1) is 21.8. The van der Waals surface area contributed by atoms with Gasteiger partial charge in [0.15, 0.2) is 0 Å². The van der Waals surface area contributed by atoms with Crippen molar-refractivity contribution in [2.75, 3.05) is 40.0 Å². The van der Waals surface area contributed by atoms with Gasteiger partial charge in [0.1, 0.15) is 0 Å². The van der Waals surface area contributed by atoms with Crippen molar-refractivity contribution < 1.29 is 22.7 Å². The lowest BCUT2D eigenvalue weighted by molar-refractivity contribution is 0.0688. The molecule has 1 atom stereocenters. The van der Waals surface area contributed by atoms with Gasteiger partial charge in [-0.1, -0.05) is 6.42 Å². The lowest BCUT2D eigenvalue weighted by Crippen LogP contribution is -2.41. The molecule has 1 aromatic carbocycles. The molecule has 0 aromatic heterocycles. The molecule has 0 saturated carbocycles. The van der Waals surface area contributed by atoms with E-state index in [9.17, 15) is 13.2 Å². The maximum atomic E-state index is 12.8. The van der Waals surface area contributed by atoms with Gasteiger partial charge in [-0.25, -0.2) is 8.42 Å². The maximum absolute atomic E-state index is 12.8. The smallest absolute Gasteiger partial charge is 0.251 e. The van der Waals surface area contributed by atoms with Crippen LogP contribution in [0.25, 0.3) is 0 Å². The Morgan fingerprint density at radius 2 is 1.93 bits per heavy atom. The van der Waals surface area contributed by atoms with Crippen LogP contribution in [0.3, 0.4) is 0 Å². The normalized spacial score (nSPS) is 18.4. The highest BCUT2D eigenvalue weighted by atomic mass is 32.2. The van der Waals surface area contributed by atoms with E-state index in [0.29, 0.717) is 44.9 Å². The number of hydrogen-bond donors (Lipinski definition) is 1. The van der Waals surface area contributed by atoms with Crippen molar-refractivity contribution in [2.45, 2.75) is 43.5 Å². The number of hydrogen-bond acceptors (Lipinski definition) is 5. The molecule has 1 aliphatic heterocycles. The van der Waals surface area contributed by atoms with E-state index in [-0.39, 0.29) is 16.8 Å². The third kappa shape index (κ3) is 6.27. The number of benzene rings is 1. The largest absolute Gasteiger partial charge is 0.382 e. The molecular weight excluding hydrogens is 368 g/mol. The van der Waals surface area contributed by atoms with Gasteiger partial charge >= 0.3 is 0 Å². The molecule has 0 spiro atoms. The Labute approximate surface area is 162 Å². The van der Waals surface area contributed by atoms with Crippen LogP contribution in [0.1, 0.15) is 43.0 Å². The molecule has 0 radical (unpaired) electrons. The molecule has 1 saturated heterocycles. The number of methoxy groups -OCH3 is 1. The second-order valence-corrected chi connectivity index (χ2v) is 8.59. The molecule has 8 heteroatoms. The molecule has 1 heterocycles. The number of rotatable bonds is 10. The van der Waals surface area contributed by atoms with Crippen LogP contribution >= 0.6 is 0 Å². The van der Waals surface area contributed by atoms with Crippen molar-refractivity contribution >= 4 is 15.9 Å². The van der Waals surface area contributed by atoms with Gasteiger partial charge in [0, 0.05) is 38.4 Å². The fraction of sp³-hybridized carbons (Fsp3) is 0.632. The van der Waals surface area contributed by atoms with Gasteiger partial charge in [-0.3, -0.25) is 4.79 Å². The van der Waals surface area contributed by atoms with E-state index >= 15 is 0 Å². The minimum absolute atomic E-state index is 0.0119. The lowest BCUT2D eigenvalue weighted by atomic mass is 10.1. The summed E-state index contributed by atoms with van der Waals surface area (Å²) in [6, 6.07) is 6.16. The zero-order valence-electron chi connectivity index (χ0n) is 16.1. The first-order chi connectivity index (χ1) is 13.0. The fourth-order valence-corrected chi connectivity index (χ4v) is 4.76. The van der Waals surface area contributed by atoms with Crippen LogP contribution in [-0.2, 0) is 19.5 Å². The number of carbonyl (C=O) groups is 1. The van der Waals surface area contributed by atoms with Crippen LogP contribution in [0.2, 0.25) is 0 Å². The highest BCUT2D eigenvalue weighted by Gasteiger charge is 2.30. The summed E-state index contributed by atoms with van der Waals surface area (Å²) in [5, 5.41) is 2.81. The molecule has 2 rings (SSSR count). The molecule has 1 aliphatic rings. The van der Waals surface area contributed by atoms with Crippen LogP contribution in [-0.4, -0.2) is 64.7 Å². The summed E-state index contributed by atoms with van der Waals surface area (Å²) in [5.74, 6) is -0.220. The summed E-state index contributed by atoms with van der Waals surface area (Å²) < 4.78 is 37.4. The predicted octanol–water partition coefficient (Wildman–Crippen LogP) is 2.03. The van der Waals surface area contributed by atoms with Crippen LogP contribution in [0.15, 0.2) is 29.2 Å². The van der Waals surface area contributed by atoms with Crippen LogP contribution in [0.5, 0.6) is 0 Å². The van der Waals surface area contributed by atoms with Crippen molar-refractivity contribution in [3.63, 3.8) is 0 Å². The lowest BCUT2D eigenvalue weighted by Gasteiger charge is -2.32.